The molecule has 15 heavy (non-hydrogen) atoms. The summed E-state index contributed by atoms with van der Waals surface area (Å²) in [6, 6.07) is 0. The van der Waals surface area contributed by atoms with E-state index in [1.165, 1.54) is 0 Å². The van der Waals surface area contributed by atoms with Gasteiger partial charge in [-0.2, -0.15) is 5.10 Å². The summed E-state index contributed by atoms with van der Waals surface area (Å²) >= 11 is 0. The van der Waals surface area contributed by atoms with Gasteiger partial charge in [-0.05, 0) is 11.8 Å². The van der Waals surface area contributed by atoms with E-state index in [0.717, 1.165) is 17.0 Å². The Morgan fingerprint density at radius 3 is 2.40 bits per heavy atom. The predicted octanol–water partition coefficient (Wildman–Crippen LogP) is 2.37. The zero-order valence-corrected chi connectivity index (χ0v) is 9.60. The molecule has 80 valence electrons. The fourth-order valence-corrected chi connectivity index (χ4v) is 1.65. The average molecular weight is 204 g/mol. The smallest absolute Gasteiger partial charge is 0.177 e. The first-order chi connectivity index (χ1) is 7.11. The van der Waals surface area contributed by atoms with Crippen LogP contribution in [0.5, 0.6) is 0 Å². The summed E-state index contributed by atoms with van der Waals surface area (Å²) in [6.45, 7) is 8.50. The Morgan fingerprint density at radius 1 is 1.07 bits per heavy atom. The third-order valence-corrected chi connectivity index (χ3v) is 2.50. The van der Waals surface area contributed by atoms with Crippen molar-refractivity contribution in [2.75, 3.05) is 0 Å². The van der Waals surface area contributed by atoms with E-state index in [-0.39, 0.29) is 0 Å². The van der Waals surface area contributed by atoms with Crippen LogP contribution in [0, 0.1) is 0 Å². The highest BCUT2D eigenvalue weighted by molar-refractivity contribution is 5.45. The quantitative estimate of drug-likeness (QED) is 0.754. The average Bonchev–Trinajstić information content (AvgIpc) is 2.63. The third-order valence-electron chi connectivity index (χ3n) is 2.50. The molecule has 0 aliphatic rings. The SMILES string of the molecule is CC(C)c1ncc(C(C)C)n2ncnc12. The zero-order chi connectivity index (χ0) is 11.0. The fourth-order valence-electron chi connectivity index (χ4n) is 1.65. The molecule has 4 nitrogen and oxygen atoms in total. The van der Waals surface area contributed by atoms with Gasteiger partial charge in [0.2, 0.25) is 0 Å². The Morgan fingerprint density at radius 2 is 1.80 bits per heavy atom. The van der Waals surface area contributed by atoms with E-state index >= 15 is 0 Å². The molecule has 0 aromatic carbocycles. The zero-order valence-electron chi connectivity index (χ0n) is 9.60. The predicted molar refractivity (Wildman–Crippen MR) is 59.0 cm³/mol. The number of fused-ring (bicyclic) bond motifs is 1. The van der Waals surface area contributed by atoms with Gasteiger partial charge < -0.3 is 0 Å². The van der Waals surface area contributed by atoms with Crippen molar-refractivity contribution in [3.8, 4) is 0 Å². The number of aromatic nitrogens is 4. The van der Waals surface area contributed by atoms with Crippen LogP contribution < -0.4 is 0 Å². The summed E-state index contributed by atoms with van der Waals surface area (Å²) in [5.41, 5.74) is 3.00. The van der Waals surface area contributed by atoms with Gasteiger partial charge in [0.05, 0.1) is 11.4 Å². The van der Waals surface area contributed by atoms with Crippen LogP contribution in [-0.2, 0) is 0 Å². The van der Waals surface area contributed by atoms with Gasteiger partial charge in [-0.1, -0.05) is 27.7 Å². The van der Waals surface area contributed by atoms with E-state index < -0.39 is 0 Å². The molecule has 0 radical (unpaired) electrons. The number of nitrogens with zero attached hydrogens (tertiary/aromatic N) is 4. The van der Waals surface area contributed by atoms with Crippen molar-refractivity contribution < 1.29 is 0 Å². The van der Waals surface area contributed by atoms with E-state index in [4.69, 9.17) is 0 Å². The van der Waals surface area contributed by atoms with Gasteiger partial charge in [-0.25, -0.2) is 9.50 Å². The standard InChI is InChI=1S/C11H16N4/c1-7(2)9-5-12-10(8(3)4)11-13-6-14-15(9)11/h5-8H,1-4H3. The maximum atomic E-state index is 4.48. The van der Waals surface area contributed by atoms with Gasteiger partial charge in [0.25, 0.3) is 0 Å². The van der Waals surface area contributed by atoms with Crippen molar-refractivity contribution in [3.63, 3.8) is 0 Å². The van der Waals surface area contributed by atoms with Crippen LogP contribution in [0.1, 0.15) is 50.9 Å². The van der Waals surface area contributed by atoms with Crippen LogP contribution in [0.15, 0.2) is 12.5 Å². The van der Waals surface area contributed by atoms with Crippen LogP contribution in [0.3, 0.4) is 0 Å². The lowest BCUT2D eigenvalue weighted by atomic mass is 10.1. The van der Waals surface area contributed by atoms with E-state index in [9.17, 15) is 0 Å². The summed E-state index contributed by atoms with van der Waals surface area (Å²) in [5, 5.41) is 4.25. The molecular formula is C11H16N4. The van der Waals surface area contributed by atoms with Crippen LogP contribution >= 0.6 is 0 Å². The van der Waals surface area contributed by atoms with Crippen molar-refractivity contribution in [2.45, 2.75) is 39.5 Å². The molecule has 0 fully saturated rings. The van der Waals surface area contributed by atoms with Crippen molar-refractivity contribution in [2.24, 2.45) is 0 Å². The lowest BCUT2D eigenvalue weighted by molar-refractivity contribution is 0.725. The summed E-state index contributed by atoms with van der Waals surface area (Å²) < 4.78 is 1.90. The van der Waals surface area contributed by atoms with Gasteiger partial charge >= 0.3 is 0 Å². The fraction of sp³-hybridized carbons (Fsp3) is 0.545. The normalized spacial score (nSPS) is 11.9. The van der Waals surface area contributed by atoms with Crippen molar-refractivity contribution in [3.05, 3.63) is 23.9 Å². The first-order valence-electron chi connectivity index (χ1n) is 5.29. The first-order valence-corrected chi connectivity index (χ1v) is 5.29. The molecule has 2 aromatic heterocycles. The monoisotopic (exact) mass is 204 g/mol. The molecule has 0 bridgehead atoms. The second-order valence-electron chi connectivity index (χ2n) is 4.37. The highest BCUT2D eigenvalue weighted by atomic mass is 15.3. The Hall–Kier alpha value is -1.45. The second kappa shape index (κ2) is 3.61. The molecule has 2 aromatic rings. The minimum absolute atomic E-state index is 0.373. The number of hydrogen-bond donors (Lipinski definition) is 0. The molecule has 0 saturated heterocycles. The van der Waals surface area contributed by atoms with Crippen LogP contribution in [-0.4, -0.2) is 19.6 Å². The molecule has 0 unspecified atom stereocenters. The Labute approximate surface area is 89.4 Å². The molecule has 2 heterocycles. The van der Waals surface area contributed by atoms with Crippen molar-refractivity contribution in [1.82, 2.24) is 19.6 Å². The molecule has 4 heteroatoms. The Bertz CT molecular complexity index is 428. The van der Waals surface area contributed by atoms with Crippen molar-refractivity contribution in [1.29, 1.82) is 0 Å². The molecular weight excluding hydrogens is 188 g/mol. The minimum Gasteiger partial charge on any atom is -0.255 e. The van der Waals surface area contributed by atoms with E-state index in [1.54, 1.807) is 6.33 Å². The number of hydrogen-bond acceptors (Lipinski definition) is 3. The number of rotatable bonds is 2. The maximum absolute atomic E-state index is 4.48. The van der Waals surface area contributed by atoms with E-state index in [0.29, 0.717) is 11.8 Å². The molecule has 0 N–H and O–H groups in total. The molecule has 0 amide bonds. The highest BCUT2D eigenvalue weighted by Gasteiger charge is 2.13. The summed E-state index contributed by atoms with van der Waals surface area (Å²) in [4.78, 5) is 8.75. The van der Waals surface area contributed by atoms with Gasteiger partial charge in [0.15, 0.2) is 5.65 Å². The lowest BCUT2D eigenvalue weighted by Crippen LogP contribution is -2.06. The Balaban J connectivity index is 2.71. The molecule has 0 atom stereocenters. The van der Waals surface area contributed by atoms with Crippen LogP contribution in [0.4, 0.5) is 0 Å². The van der Waals surface area contributed by atoms with Crippen LogP contribution in [0.25, 0.3) is 5.65 Å². The minimum atomic E-state index is 0.373. The molecule has 0 aliphatic carbocycles. The highest BCUT2D eigenvalue weighted by Crippen LogP contribution is 2.20. The van der Waals surface area contributed by atoms with Gasteiger partial charge in [0.1, 0.15) is 6.33 Å². The second-order valence-corrected chi connectivity index (χ2v) is 4.37. The maximum Gasteiger partial charge on any atom is 0.177 e. The van der Waals surface area contributed by atoms with Gasteiger partial charge in [-0.3, -0.25) is 4.98 Å². The van der Waals surface area contributed by atoms with Gasteiger partial charge in [-0.15, -0.1) is 0 Å². The van der Waals surface area contributed by atoms with Crippen molar-refractivity contribution >= 4 is 5.65 Å². The van der Waals surface area contributed by atoms with Crippen LogP contribution in [0.2, 0.25) is 0 Å². The molecule has 0 saturated carbocycles. The molecule has 0 spiro atoms. The van der Waals surface area contributed by atoms with E-state index in [1.807, 2.05) is 10.7 Å². The summed E-state index contributed by atoms with van der Waals surface area (Å²) in [5.74, 6) is 0.779. The van der Waals surface area contributed by atoms with Gasteiger partial charge in [0, 0.05) is 6.20 Å². The summed E-state index contributed by atoms with van der Waals surface area (Å²) in [6.07, 6.45) is 3.50. The Kier molecular flexibility index (Phi) is 2.42. The molecule has 2 rings (SSSR count). The lowest BCUT2D eigenvalue weighted by Gasteiger charge is -2.11. The first kappa shape index (κ1) is 10.1. The van der Waals surface area contributed by atoms with E-state index in [2.05, 4.69) is 42.8 Å². The third kappa shape index (κ3) is 1.60. The largest absolute Gasteiger partial charge is 0.255 e. The topological polar surface area (TPSA) is 43.1 Å². The summed E-state index contributed by atoms with van der Waals surface area (Å²) in [7, 11) is 0. The molecule has 0 aliphatic heterocycles.